The molecule has 2 heterocycles. The molecule has 0 aliphatic carbocycles. The molecule has 0 unspecified atom stereocenters. The Morgan fingerprint density at radius 1 is 1.06 bits per heavy atom. The number of morpholine rings is 1. The van der Waals surface area contributed by atoms with Gasteiger partial charge in [-0.2, -0.15) is 0 Å². The monoisotopic (exact) mass is 471 g/mol. The fourth-order valence-electron chi connectivity index (χ4n) is 3.70. The lowest BCUT2D eigenvalue weighted by Gasteiger charge is -2.34. The lowest BCUT2D eigenvalue weighted by molar-refractivity contribution is -0.134. The van der Waals surface area contributed by atoms with Crippen LogP contribution in [0.3, 0.4) is 0 Å². The van der Waals surface area contributed by atoms with Crippen LogP contribution in [0.25, 0.3) is 0 Å². The van der Waals surface area contributed by atoms with Crippen LogP contribution in [0.5, 0.6) is 5.75 Å². The third-order valence-electron chi connectivity index (χ3n) is 5.63. The van der Waals surface area contributed by atoms with Crippen LogP contribution in [-0.2, 0) is 24.1 Å². The molecule has 2 saturated heterocycles. The fourth-order valence-corrected chi connectivity index (χ4v) is 5.64. The maximum absolute atomic E-state index is 13.2. The average molecular weight is 472 g/mol. The first-order valence-corrected chi connectivity index (χ1v) is 12.0. The van der Waals surface area contributed by atoms with E-state index in [4.69, 9.17) is 19.4 Å². The van der Waals surface area contributed by atoms with Crippen LogP contribution in [0.15, 0.2) is 29.2 Å². The second kappa shape index (κ2) is 10.9. The van der Waals surface area contributed by atoms with Gasteiger partial charge < -0.3 is 24.4 Å². The van der Waals surface area contributed by atoms with E-state index >= 15 is 0 Å². The second-order valence-corrected chi connectivity index (χ2v) is 9.82. The van der Waals surface area contributed by atoms with Gasteiger partial charge in [0, 0.05) is 32.8 Å². The van der Waals surface area contributed by atoms with E-state index in [0.29, 0.717) is 51.6 Å². The number of rotatable bonds is 8. The van der Waals surface area contributed by atoms with Gasteiger partial charge >= 0.3 is 6.03 Å². The summed E-state index contributed by atoms with van der Waals surface area (Å²) >= 11 is 0. The largest absolute Gasteiger partial charge is 0.494 e. The first kappa shape index (κ1) is 24.2. The predicted molar refractivity (Wildman–Crippen MR) is 112 cm³/mol. The number of hydrogen-bond acceptors (Lipinski definition) is 8. The number of nitrogens with zero attached hydrogens (tertiary/aromatic N) is 1. The molecule has 0 spiro atoms. The molecule has 0 bridgehead atoms. The van der Waals surface area contributed by atoms with Gasteiger partial charge in [0.05, 0.1) is 24.7 Å². The molecule has 2 fully saturated rings. The summed E-state index contributed by atoms with van der Waals surface area (Å²) in [5.41, 5.74) is 1.49. The van der Waals surface area contributed by atoms with E-state index in [1.54, 1.807) is 4.90 Å². The van der Waals surface area contributed by atoms with E-state index in [9.17, 15) is 18.0 Å². The SMILES string of the molecule is O=C(NCCCOc1ccc(S(=O)(=O)C2(C(=O)NO)CCOCC2)cc1)N1CCOCC1. The number of carbonyl (C=O) groups excluding carboxylic acids is 2. The molecule has 1 aromatic rings. The molecule has 0 atom stereocenters. The Bertz CT molecular complexity index is 879. The van der Waals surface area contributed by atoms with E-state index in [0.717, 1.165) is 0 Å². The molecule has 32 heavy (non-hydrogen) atoms. The quantitative estimate of drug-likeness (QED) is 0.280. The van der Waals surface area contributed by atoms with E-state index in [1.807, 2.05) is 0 Å². The van der Waals surface area contributed by atoms with Crippen molar-refractivity contribution >= 4 is 21.8 Å². The van der Waals surface area contributed by atoms with E-state index in [-0.39, 0.29) is 37.0 Å². The smallest absolute Gasteiger partial charge is 0.317 e. The third kappa shape index (κ3) is 5.31. The highest BCUT2D eigenvalue weighted by molar-refractivity contribution is 7.93. The standard InChI is InChI=1S/C20H29N3O8S/c24-18(22-26)20(6-12-29-13-7-20)32(27,28)17-4-2-16(3-5-17)31-11-1-8-21-19(25)23-9-14-30-15-10-23/h2-5,26H,1,6-15H2,(H,21,25)(H,22,24). The minimum atomic E-state index is -4.07. The fraction of sp³-hybridized carbons (Fsp3) is 0.600. The van der Waals surface area contributed by atoms with Crippen LogP contribution >= 0.6 is 0 Å². The number of hydrogen-bond donors (Lipinski definition) is 3. The van der Waals surface area contributed by atoms with E-state index in [2.05, 4.69) is 5.32 Å². The van der Waals surface area contributed by atoms with Crippen molar-refractivity contribution in [3.63, 3.8) is 0 Å². The number of hydroxylamine groups is 1. The van der Waals surface area contributed by atoms with Crippen molar-refractivity contribution in [1.82, 2.24) is 15.7 Å². The molecule has 2 aliphatic heterocycles. The van der Waals surface area contributed by atoms with Crippen molar-refractivity contribution in [2.75, 3.05) is 52.7 Å². The molecule has 11 nitrogen and oxygen atoms in total. The number of sulfone groups is 1. The first-order chi connectivity index (χ1) is 15.4. The van der Waals surface area contributed by atoms with Crippen LogP contribution < -0.4 is 15.5 Å². The van der Waals surface area contributed by atoms with E-state index in [1.165, 1.54) is 29.7 Å². The van der Waals surface area contributed by atoms with Crippen LogP contribution in [-0.4, -0.2) is 87.9 Å². The molecule has 0 saturated carbocycles. The maximum Gasteiger partial charge on any atom is 0.317 e. The zero-order valence-corrected chi connectivity index (χ0v) is 18.6. The topological polar surface area (TPSA) is 144 Å². The minimum absolute atomic E-state index is 0.0341. The number of nitrogens with one attached hydrogen (secondary N) is 2. The summed E-state index contributed by atoms with van der Waals surface area (Å²) in [7, 11) is -4.07. The maximum atomic E-state index is 13.2. The van der Waals surface area contributed by atoms with Gasteiger partial charge in [-0.15, -0.1) is 0 Å². The lowest BCUT2D eigenvalue weighted by atomic mass is 9.98. The highest BCUT2D eigenvalue weighted by atomic mass is 32.2. The number of benzene rings is 1. The number of ether oxygens (including phenoxy) is 3. The zero-order chi connectivity index (χ0) is 23.0. The molecule has 3 rings (SSSR count). The molecular weight excluding hydrogens is 442 g/mol. The van der Waals surface area contributed by atoms with Crippen LogP contribution in [0.4, 0.5) is 4.79 Å². The van der Waals surface area contributed by atoms with Crippen molar-refractivity contribution in [3.05, 3.63) is 24.3 Å². The molecule has 178 valence electrons. The van der Waals surface area contributed by atoms with Gasteiger partial charge in [0.2, 0.25) is 0 Å². The van der Waals surface area contributed by atoms with Gasteiger partial charge in [-0.05, 0) is 43.5 Å². The summed E-state index contributed by atoms with van der Waals surface area (Å²) in [5.74, 6) is -0.489. The van der Waals surface area contributed by atoms with Gasteiger partial charge in [-0.1, -0.05) is 0 Å². The average Bonchev–Trinajstić information content (AvgIpc) is 2.84. The molecule has 3 amide bonds. The lowest BCUT2D eigenvalue weighted by Crippen LogP contribution is -2.54. The molecule has 0 aromatic heterocycles. The molecule has 2 aliphatic rings. The highest BCUT2D eigenvalue weighted by Crippen LogP contribution is 2.35. The Morgan fingerprint density at radius 2 is 1.69 bits per heavy atom. The summed E-state index contributed by atoms with van der Waals surface area (Å²) in [6.07, 6.45) is 0.488. The van der Waals surface area contributed by atoms with Gasteiger partial charge in [-0.3, -0.25) is 10.0 Å². The molecule has 12 heteroatoms. The minimum Gasteiger partial charge on any atom is -0.494 e. The Balaban J connectivity index is 1.51. The molecule has 3 N–H and O–H groups in total. The normalized spacial score (nSPS) is 18.6. The molecular formula is C20H29N3O8S. The van der Waals surface area contributed by atoms with Crippen molar-refractivity contribution < 1.29 is 37.4 Å². The van der Waals surface area contributed by atoms with Crippen LogP contribution in [0, 0.1) is 0 Å². The highest BCUT2D eigenvalue weighted by Gasteiger charge is 2.52. The van der Waals surface area contributed by atoms with Gasteiger partial charge in [0.25, 0.3) is 5.91 Å². The van der Waals surface area contributed by atoms with Crippen molar-refractivity contribution in [3.8, 4) is 5.75 Å². The summed E-state index contributed by atoms with van der Waals surface area (Å²) in [5, 5.41) is 11.9. The summed E-state index contributed by atoms with van der Waals surface area (Å²) in [4.78, 5) is 25.9. The number of carbonyl (C=O) groups is 2. The first-order valence-electron chi connectivity index (χ1n) is 10.5. The van der Waals surface area contributed by atoms with Gasteiger partial charge in [0.15, 0.2) is 14.6 Å². The van der Waals surface area contributed by atoms with Gasteiger partial charge in [0.1, 0.15) is 5.75 Å². The summed E-state index contributed by atoms with van der Waals surface area (Å²) < 4.78 is 40.6. The Labute approximate surface area is 186 Å². The van der Waals surface area contributed by atoms with Crippen molar-refractivity contribution in [1.29, 1.82) is 0 Å². The Kier molecular flexibility index (Phi) is 8.29. The number of urea groups is 1. The predicted octanol–water partition coefficient (Wildman–Crippen LogP) is 0.326. The summed E-state index contributed by atoms with van der Waals surface area (Å²) in [6, 6.07) is 5.67. The second-order valence-electron chi connectivity index (χ2n) is 7.56. The van der Waals surface area contributed by atoms with Crippen molar-refractivity contribution in [2.24, 2.45) is 0 Å². The molecule has 1 aromatic carbocycles. The Morgan fingerprint density at radius 3 is 2.31 bits per heavy atom. The van der Waals surface area contributed by atoms with E-state index < -0.39 is 20.5 Å². The summed E-state index contributed by atoms with van der Waals surface area (Å²) in [6.45, 7) is 3.24. The number of amides is 3. The Hall–Kier alpha value is -2.41. The molecule has 0 radical (unpaired) electrons. The van der Waals surface area contributed by atoms with Crippen molar-refractivity contribution in [2.45, 2.75) is 28.9 Å². The third-order valence-corrected chi connectivity index (χ3v) is 8.14. The van der Waals surface area contributed by atoms with Crippen LogP contribution in [0.2, 0.25) is 0 Å². The van der Waals surface area contributed by atoms with Gasteiger partial charge in [-0.25, -0.2) is 18.7 Å². The zero-order valence-electron chi connectivity index (χ0n) is 17.7. The van der Waals surface area contributed by atoms with Crippen LogP contribution in [0.1, 0.15) is 19.3 Å².